The number of hydrogen-bond acceptors (Lipinski definition) is 3. The van der Waals surface area contributed by atoms with Crippen LogP contribution in [0.5, 0.6) is 0 Å². The number of sulfonamides is 1. The van der Waals surface area contributed by atoms with E-state index >= 15 is 0 Å². The topological polar surface area (TPSA) is 49.4 Å². The third kappa shape index (κ3) is 4.03. The molecule has 0 aromatic carbocycles. The molecule has 0 saturated heterocycles. The van der Waals surface area contributed by atoms with Crippen molar-refractivity contribution in [3.05, 3.63) is 0 Å². The van der Waals surface area contributed by atoms with E-state index in [1.165, 1.54) is 6.42 Å². The Kier molecular flexibility index (Phi) is 5.21. The first-order chi connectivity index (χ1) is 7.43. The summed E-state index contributed by atoms with van der Waals surface area (Å²) in [6.07, 6.45) is 3.91. The van der Waals surface area contributed by atoms with Gasteiger partial charge in [-0.3, -0.25) is 0 Å². The van der Waals surface area contributed by atoms with Gasteiger partial charge in [0.1, 0.15) is 0 Å². The van der Waals surface area contributed by atoms with E-state index in [9.17, 15) is 8.42 Å². The zero-order chi connectivity index (χ0) is 12.2. The van der Waals surface area contributed by atoms with Gasteiger partial charge >= 0.3 is 0 Å². The molecule has 5 heteroatoms. The minimum Gasteiger partial charge on any atom is -0.314 e. The summed E-state index contributed by atoms with van der Waals surface area (Å²) >= 11 is 0. The van der Waals surface area contributed by atoms with Gasteiger partial charge in [-0.1, -0.05) is 20.3 Å². The highest BCUT2D eigenvalue weighted by atomic mass is 32.2. The van der Waals surface area contributed by atoms with E-state index in [2.05, 4.69) is 19.2 Å². The molecule has 0 radical (unpaired) electrons. The number of rotatable bonds is 7. The Labute approximate surface area is 99.5 Å². The fourth-order valence-corrected chi connectivity index (χ4v) is 3.23. The first-order valence-corrected chi connectivity index (χ1v) is 7.73. The third-order valence-corrected chi connectivity index (χ3v) is 5.14. The first kappa shape index (κ1) is 13.9. The van der Waals surface area contributed by atoms with Gasteiger partial charge in [-0.05, 0) is 25.8 Å². The molecule has 0 aromatic heterocycles. The minimum atomic E-state index is -3.02. The van der Waals surface area contributed by atoms with Crippen LogP contribution in [0.15, 0.2) is 0 Å². The van der Waals surface area contributed by atoms with Gasteiger partial charge in [-0.2, -0.15) is 0 Å². The lowest BCUT2D eigenvalue weighted by Gasteiger charge is -2.33. The lowest BCUT2D eigenvalue weighted by atomic mass is 9.94. The van der Waals surface area contributed by atoms with Crippen LogP contribution in [0.25, 0.3) is 0 Å². The summed E-state index contributed by atoms with van der Waals surface area (Å²) in [5.74, 6) is 0.264. The van der Waals surface area contributed by atoms with Crippen LogP contribution in [-0.2, 0) is 10.0 Å². The average molecular weight is 248 g/mol. The average Bonchev–Trinajstić information content (AvgIpc) is 2.09. The molecular weight excluding hydrogens is 224 g/mol. The van der Waals surface area contributed by atoms with Crippen LogP contribution in [-0.4, -0.2) is 44.2 Å². The molecule has 0 aromatic rings. The van der Waals surface area contributed by atoms with Gasteiger partial charge in [-0.25, -0.2) is 12.7 Å². The van der Waals surface area contributed by atoms with Crippen molar-refractivity contribution in [1.29, 1.82) is 0 Å². The Balaban J connectivity index is 2.27. The maximum absolute atomic E-state index is 11.9. The van der Waals surface area contributed by atoms with Crippen LogP contribution in [0.2, 0.25) is 0 Å². The molecule has 4 nitrogen and oxygen atoms in total. The van der Waals surface area contributed by atoms with Crippen LogP contribution in [0.3, 0.4) is 0 Å². The first-order valence-electron chi connectivity index (χ1n) is 6.12. The fraction of sp³-hybridized carbons (Fsp3) is 1.00. The van der Waals surface area contributed by atoms with Crippen LogP contribution in [0.4, 0.5) is 0 Å². The lowest BCUT2D eigenvalue weighted by molar-refractivity contribution is 0.249. The molecule has 1 saturated carbocycles. The molecule has 1 aliphatic rings. The quantitative estimate of drug-likeness (QED) is 0.689. The predicted molar refractivity (Wildman–Crippen MR) is 66.9 cm³/mol. The highest BCUT2D eigenvalue weighted by molar-refractivity contribution is 7.89. The molecule has 0 unspecified atom stereocenters. The van der Waals surface area contributed by atoms with Crippen molar-refractivity contribution in [2.45, 2.75) is 51.6 Å². The summed E-state index contributed by atoms with van der Waals surface area (Å²) in [4.78, 5) is 0. The van der Waals surface area contributed by atoms with E-state index in [1.54, 1.807) is 11.4 Å². The van der Waals surface area contributed by atoms with Gasteiger partial charge in [0.05, 0.1) is 5.75 Å². The summed E-state index contributed by atoms with van der Waals surface area (Å²) in [6.45, 7) is 4.90. The van der Waals surface area contributed by atoms with Crippen molar-refractivity contribution in [2.24, 2.45) is 0 Å². The molecule has 1 aliphatic carbocycles. The van der Waals surface area contributed by atoms with E-state index in [-0.39, 0.29) is 11.8 Å². The van der Waals surface area contributed by atoms with Crippen LogP contribution >= 0.6 is 0 Å². The number of nitrogens with zero attached hydrogens (tertiary/aromatic N) is 1. The monoisotopic (exact) mass is 248 g/mol. The van der Waals surface area contributed by atoms with Crippen LogP contribution < -0.4 is 5.32 Å². The maximum atomic E-state index is 11.9. The second-order valence-corrected chi connectivity index (χ2v) is 7.03. The van der Waals surface area contributed by atoms with Gasteiger partial charge in [0, 0.05) is 19.1 Å². The van der Waals surface area contributed by atoms with Gasteiger partial charge in [0.2, 0.25) is 10.0 Å². The van der Waals surface area contributed by atoms with Gasteiger partial charge in [0.25, 0.3) is 0 Å². The number of nitrogens with one attached hydrogen (secondary N) is 1. The van der Waals surface area contributed by atoms with E-state index in [0.717, 1.165) is 19.4 Å². The Morgan fingerprint density at radius 2 is 2.00 bits per heavy atom. The standard InChI is InChI=1S/C11H24N2O2S/c1-10(2)12-8-5-9-16(14,15)13(3)11-6-4-7-11/h10-12H,4-9H2,1-3H3. The van der Waals surface area contributed by atoms with Gasteiger partial charge < -0.3 is 5.32 Å². The van der Waals surface area contributed by atoms with Crippen molar-refractivity contribution < 1.29 is 8.42 Å². The van der Waals surface area contributed by atoms with Crippen molar-refractivity contribution in [1.82, 2.24) is 9.62 Å². The normalized spacial score (nSPS) is 18.1. The second kappa shape index (κ2) is 5.98. The van der Waals surface area contributed by atoms with E-state index in [4.69, 9.17) is 0 Å². The summed E-state index contributed by atoms with van der Waals surface area (Å²) < 4.78 is 25.4. The summed E-state index contributed by atoms with van der Waals surface area (Å²) in [7, 11) is -1.31. The molecule has 1 fully saturated rings. The second-order valence-electron chi connectivity index (χ2n) is 4.88. The molecule has 1 rings (SSSR count). The SMILES string of the molecule is CC(C)NCCCS(=O)(=O)N(C)C1CCC1. The maximum Gasteiger partial charge on any atom is 0.214 e. The molecule has 1 N–H and O–H groups in total. The lowest BCUT2D eigenvalue weighted by Crippen LogP contribution is -2.42. The van der Waals surface area contributed by atoms with Crippen LogP contribution in [0, 0.1) is 0 Å². The Hall–Kier alpha value is -0.130. The molecule has 96 valence electrons. The number of hydrogen-bond donors (Lipinski definition) is 1. The van der Waals surface area contributed by atoms with Crippen molar-refractivity contribution in [3.63, 3.8) is 0 Å². The molecule has 0 heterocycles. The van der Waals surface area contributed by atoms with Gasteiger partial charge in [-0.15, -0.1) is 0 Å². The van der Waals surface area contributed by atoms with Crippen molar-refractivity contribution >= 4 is 10.0 Å². The molecule has 0 aliphatic heterocycles. The zero-order valence-electron chi connectivity index (χ0n) is 10.6. The van der Waals surface area contributed by atoms with E-state index < -0.39 is 10.0 Å². The highest BCUT2D eigenvalue weighted by Gasteiger charge is 2.29. The Morgan fingerprint density at radius 1 is 1.38 bits per heavy atom. The Bertz CT molecular complexity index is 297. The summed E-state index contributed by atoms with van der Waals surface area (Å²) in [6, 6.07) is 0.690. The minimum absolute atomic E-state index is 0.264. The predicted octanol–water partition coefficient (Wildman–Crippen LogP) is 1.19. The van der Waals surface area contributed by atoms with E-state index in [0.29, 0.717) is 12.5 Å². The molecule has 0 bridgehead atoms. The molecular formula is C11H24N2O2S. The molecule has 16 heavy (non-hydrogen) atoms. The van der Waals surface area contributed by atoms with Crippen molar-refractivity contribution in [2.75, 3.05) is 19.3 Å². The zero-order valence-corrected chi connectivity index (χ0v) is 11.4. The van der Waals surface area contributed by atoms with Crippen LogP contribution in [0.1, 0.15) is 39.5 Å². The highest BCUT2D eigenvalue weighted by Crippen LogP contribution is 2.25. The molecule has 0 spiro atoms. The van der Waals surface area contributed by atoms with Crippen molar-refractivity contribution in [3.8, 4) is 0 Å². The Morgan fingerprint density at radius 3 is 2.44 bits per heavy atom. The molecule has 0 atom stereocenters. The smallest absolute Gasteiger partial charge is 0.214 e. The summed E-state index contributed by atoms with van der Waals surface area (Å²) in [5.41, 5.74) is 0. The van der Waals surface area contributed by atoms with Gasteiger partial charge in [0.15, 0.2) is 0 Å². The largest absolute Gasteiger partial charge is 0.314 e. The third-order valence-electron chi connectivity index (χ3n) is 3.16. The fourth-order valence-electron chi connectivity index (χ4n) is 1.77. The molecule has 0 amide bonds. The summed E-state index contributed by atoms with van der Waals surface area (Å²) in [5, 5.41) is 3.23. The van der Waals surface area contributed by atoms with E-state index in [1.807, 2.05) is 0 Å².